The molecule has 0 saturated heterocycles. The van der Waals surface area contributed by atoms with Crippen LogP contribution in [0.15, 0.2) is 59.7 Å². The van der Waals surface area contributed by atoms with Crippen molar-refractivity contribution in [1.82, 2.24) is 10.7 Å². The van der Waals surface area contributed by atoms with Crippen LogP contribution in [0.1, 0.15) is 17.5 Å². The highest BCUT2D eigenvalue weighted by molar-refractivity contribution is 5.97. The first-order valence-electron chi connectivity index (χ1n) is 7.94. The van der Waals surface area contributed by atoms with Gasteiger partial charge in [-0.3, -0.25) is 9.59 Å². The van der Waals surface area contributed by atoms with Crippen LogP contribution in [0.5, 0.6) is 5.75 Å². The molecular weight excluding hydrogens is 318 g/mol. The summed E-state index contributed by atoms with van der Waals surface area (Å²) in [4.78, 5) is 23.4. The SMILES string of the molecule is COc1cccc(C=NNC(=O)CC(=O)NCCc2ccccc2)c1. The molecule has 0 unspecified atom stereocenters. The Morgan fingerprint density at radius 3 is 2.64 bits per heavy atom. The number of hydrogen-bond acceptors (Lipinski definition) is 4. The Labute approximate surface area is 146 Å². The number of hydrogen-bond donors (Lipinski definition) is 2. The predicted octanol–water partition coefficient (Wildman–Crippen LogP) is 1.89. The number of carbonyl (C=O) groups excluding carboxylic acids is 2. The second-order valence-electron chi connectivity index (χ2n) is 5.33. The lowest BCUT2D eigenvalue weighted by molar-refractivity contribution is -0.129. The number of nitrogens with one attached hydrogen (secondary N) is 2. The molecule has 2 rings (SSSR count). The summed E-state index contributed by atoms with van der Waals surface area (Å²) in [5.41, 5.74) is 4.26. The standard InChI is InChI=1S/C19H21N3O3/c1-25-17-9-5-8-16(12-17)14-21-22-19(24)13-18(23)20-11-10-15-6-3-2-4-7-15/h2-9,12,14H,10-11,13H2,1H3,(H,20,23)(H,22,24). The molecule has 25 heavy (non-hydrogen) atoms. The average Bonchev–Trinajstić information content (AvgIpc) is 2.63. The Morgan fingerprint density at radius 1 is 1.08 bits per heavy atom. The molecule has 0 radical (unpaired) electrons. The molecule has 0 saturated carbocycles. The molecule has 2 N–H and O–H groups in total. The van der Waals surface area contributed by atoms with Gasteiger partial charge in [-0.15, -0.1) is 0 Å². The number of rotatable bonds is 8. The highest BCUT2D eigenvalue weighted by Gasteiger charge is 2.07. The van der Waals surface area contributed by atoms with Crippen LogP contribution in [0.3, 0.4) is 0 Å². The van der Waals surface area contributed by atoms with Crippen molar-refractivity contribution >= 4 is 18.0 Å². The smallest absolute Gasteiger partial charge is 0.249 e. The summed E-state index contributed by atoms with van der Waals surface area (Å²) in [6, 6.07) is 17.1. The highest BCUT2D eigenvalue weighted by Crippen LogP contribution is 2.10. The van der Waals surface area contributed by atoms with Gasteiger partial charge in [-0.2, -0.15) is 5.10 Å². The Bertz CT molecular complexity index is 730. The molecule has 0 fully saturated rings. The molecule has 130 valence electrons. The van der Waals surface area contributed by atoms with E-state index in [2.05, 4.69) is 15.8 Å². The number of benzene rings is 2. The van der Waals surface area contributed by atoms with Crippen molar-refractivity contribution in [2.75, 3.05) is 13.7 Å². The van der Waals surface area contributed by atoms with Gasteiger partial charge >= 0.3 is 0 Å². The summed E-state index contributed by atoms with van der Waals surface area (Å²) in [6.07, 6.45) is 1.96. The lowest BCUT2D eigenvalue weighted by Gasteiger charge is -2.05. The minimum Gasteiger partial charge on any atom is -0.497 e. The maximum atomic E-state index is 11.7. The van der Waals surface area contributed by atoms with E-state index in [0.29, 0.717) is 12.3 Å². The third-order valence-electron chi connectivity index (χ3n) is 3.40. The van der Waals surface area contributed by atoms with Crippen LogP contribution in [-0.2, 0) is 16.0 Å². The Morgan fingerprint density at radius 2 is 1.88 bits per heavy atom. The van der Waals surface area contributed by atoms with Crippen LogP contribution in [0, 0.1) is 0 Å². The van der Waals surface area contributed by atoms with Gasteiger partial charge in [0.2, 0.25) is 11.8 Å². The lowest BCUT2D eigenvalue weighted by atomic mass is 10.1. The van der Waals surface area contributed by atoms with Crippen LogP contribution in [0.4, 0.5) is 0 Å². The van der Waals surface area contributed by atoms with Crippen molar-refractivity contribution in [1.29, 1.82) is 0 Å². The molecule has 6 heteroatoms. The quantitative estimate of drug-likeness (QED) is 0.438. The first kappa shape index (κ1) is 18.2. The number of methoxy groups -OCH3 is 1. The van der Waals surface area contributed by atoms with Gasteiger partial charge in [0.25, 0.3) is 0 Å². The maximum absolute atomic E-state index is 11.7. The second kappa shape index (κ2) is 9.87. The molecule has 0 bridgehead atoms. The summed E-state index contributed by atoms with van der Waals surface area (Å²) in [5, 5.41) is 6.55. The summed E-state index contributed by atoms with van der Waals surface area (Å²) < 4.78 is 5.10. The normalized spacial score (nSPS) is 10.4. The van der Waals surface area contributed by atoms with Crippen molar-refractivity contribution in [3.8, 4) is 5.75 Å². The number of hydrazone groups is 1. The Hall–Kier alpha value is -3.15. The highest BCUT2D eigenvalue weighted by atomic mass is 16.5. The van der Waals surface area contributed by atoms with Crippen molar-refractivity contribution in [3.05, 3.63) is 65.7 Å². The zero-order valence-corrected chi connectivity index (χ0v) is 14.1. The van der Waals surface area contributed by atoms with Crippen molar-refractivity contribution in [2.45, 2.75) is 12.8 Å². The Balaban J connectivity index is 1.68. The minimum atomic E-state index is -0.462. The summed E-state index contributed by atoms with van der Waals surface area (Å²) in [7, 11) is 1.58. The van der Waals surface area contributed by atoms with Crippen molar-refractivity contribution in [2.24, 2.45) is 5.10 Å². The molecule has 0 aliphatic heterocycles. The molecule has 2 amide bonds. The third-order valence-corrected chi connectivity index (χ3v) is 3.40. The van der Waals surface area contributed by atoms with Gasteiger partial charge in [0.05, 0.1) is 13.3 Å². The zero-order valence-electron chi connectivity index (χ0n) is 14.1. The fraction of sp³-hybridized carbons (Fsp3) is 0.211. The first-order valence-corrected chi connectivity index (χ1v) is 7.94. The molecule has 0 aliphatic rings. The predicted molar refractivity (Wildman–Crippen MR) is 96.5 cm³/mol. The maximum Gasteiger partial charge on any atom is 0.249 e. The second-order valence-corrected chi connectivity index (χ2v) is 5.33. The lowest BCUT2D eigenvalue weighted by Crippen LogP contribution is -2.31. The van der Waals surface area contributed by atoms with Crippen LogP contribution in [-0.4, -0.2) is 31.7 Å². The summed E-state index contributed by atoms with van der Waals surface area (Å²) in [5.74, 6) is -0.0885. The van der Waals surface area contributed by atoms with Crippen LogP contribution in [0.25, 0.3) is 0 Å². The van der Waals surface area contributed by atoms with Gasteiger partial charge in [-0.1, -0.05) is 42.5 Å². The molecule has 0 atom stereocenters. The summed E-state index contributed by atoms with van der Waals surface area (Å²) >= 11 is 0. The summed E-state index contributed by atoms with van der Waals surface area (Å²) in [6.45, 7) is 0.489. The van der Waals surface area contributed by atoms with E-state index in [9.17, 15) is 9.59 Å². The van der Waals surface area contributed by atoms with Gasteiger partial charge < -0.3 is 10.1 Å². The van der Waals surface area contributed by atoms with Gasteiger partial charge in [-0.25, -0.2) is 5.43 Å². The fourth-order valence-corrected chi connectivity index (χ4v) is 2.14. The molecule has 2 aromatic carbocycles. The molecule has 2 aromatic rings. The van der Waals surface area contributed by atoms with E-state index >= 15 is 0 Å². The van der Waals surface area contributed by atoms with E-state index in [1.807, 2.05) is 48.5 Å². The van der Waals surface area contributed by atoms with E-state index in [0.717, 1.165) is 17.5 Å². The number of ether oxygens (including phenoxy) is 1. The van der Waals surface area contributed by atoms with Gasteiger partial charge in [0.15, 0.2) is 0 Å². The number of nitrogens with zero attached hydrogens (tertiary/aromatic N) is 1. The van der Waals surface area contributed by atoms with E-state index < -0.39 is 5.91 Å². The van der Waals surface area contributed by atoms with Crippen LogP contribution < -0.4 is 15.5 Å². The number of amides is 2. The Kier molecular flexibility index (Phi) is 7.18. The van der Waals surface area contributed by atoms with Gasteiger partial charge in [0, 0.05) is 6.54 Å². The van der Waals surface area contributed by atoms with Crippen LogP contribution >= 0.6 is 0 Å². The zero-order chi connectivity index (χ0) is 17.9. The van der Waals surface area contributed by atoms with Crippen molar-refractivity contribution in [3.63, 3.8) is 0 Å². The van der Waals surface area contributed by atoms with E-state index in [4.69, 9.17) is 4.74 Å². The van der Waals surface area contributed by atoms with Crippen molar-refractivity contribution < 1.29 is 14.3 Å². The average molecular weight is 339 g/mol. The van der Waals surface area contributed by atoms with Gasteiger partial charge in [-0.05, 0) is 29.7 Å². The largest absolute Gasteiger partial charge is 0.497 e. The first-order chi connectivity index (χ1) is 12.2. The minimum absolute atomic E-state index is 0.260. The van der Waals surface area contributed by atoms with Crippen LogP contribution in [0.2, 0.25) is 0 Å². The molecule has 6 nitrogen and oxygen atoms in total. The topological polar surface area (TPSA) is 79.8 Å². The molecule has 0 heterocycles. The monoisotopic (exact) mass is 339 g/mol. The van der Waals surface area contributed by atoms with Gasteiger partial charge in [0.1, 0.15) is 12.2 Å². The third kappa shape index (κ3) is 6.87. The van der Waals surface area contributed by atoms with E-state index in [-0.39, 0.29) is 12.3 Å². The number of carbonyl (C=O) groups is 2. The fourth-order valence-electron chi connectivity index (χ4n) is 2.14. The van der Waals surface area contributed by atoms with E-state index in [1.165, 1.54) is 6.21 Å². The molecule has 0 aliphatic carbocycles. The molecule has 0 aromatic heterocycles. The molecule has 0 spiro atoms. The van der Waals surface area contributed by atoms with E-state index in [1.54, 1.807) is 13.2 Å². The molecular formula is C19H21N3O3.